The van der Waals surface area contributed by atoms with Gasteiger partial charge in [-0.3, -0.25) is 0 Å². The first-order valence-corrected chi connectivity index (χ1v) is 7.26. The van der Waals surface area contributed by atoms with Gasteiger partial charge in [-0.1, -0.05) is 12.2 Å². The Balaban J connectivity index is 1.55. The van der Waals surface area contributed by atoms with E-state index in [-0.39, 0.29) is 0 Å². The topological polar surface area (TPSA) is 0 Å². The summed E-state index contributed by atoms with van der Waals surface area (Å²) >= 11 is 0. The van der Waals surface area contributed by atoms with Gasteiger partial charge in [0.25, 0.3) is 0 Å². The van der Waals surface area contributed by atoms with Gasteiger partial charge in [0.15, 0.2) is 0 Å². The molecule has 0 amide bonds. The van der Waals surface area contributed by atoms with Crippen molar-refractivity contribution in [3.63, 3.8) is 0 Å². The summed E-state index contributed by atoms with van der Waals surface area (Å²) < 4.78 is 0. The van der Waals surface area contributed by atoms with Crippen molar-refractivity contribution in [1.29, 1.82) is 0 Å². The van der Waals surface area contributed by atoms with E-state index in [1.807, 2.05) is 0 Å². The fourth-order valence-electron chi connectivity index (χ4n) is 1.55. The molecule has 0 bridgehead atoms. The maximum absolute atomic E-state index is 2.47. The van der Waals surface area contributed by atoms with Crippen molar-refractivity contribution >= 4 is 7.92 Å². The van der Waals surface area contributed by atoms with Gasteiger partial charge < -0.3 is 0 Å². The highest BCUT2D eigenvalue weighted by atomic mass is 31.1. The zero-order valence-corrected chi connectivity index (χ0v) is 8.89. The van der Waals surface area contributed by atoms with Crippen molar-refractivity contribution in [2.75, 3.05) is 12.8 Å². The Kier molecular flexibility index (Phi) is 2.86. The molecule has 0 aromatic rings. The minimum atomic E-state index is 0.374. The molecule has 0 aromatic carbocycles. The Morgan fingerprint density at radius 1 is 1.17 bits per heavy atom. The molecular weight excluding hydrogens is 163 g/mol. The van der Waals surface area contributed by atoms with Crippen LogP contribution in [0.5, 0.6) is 0 Å². The molecule has 2 aliphatic carbocycles. The molecule has 0 spiro atoms. The van der Waals surface area contributed by atoms with Gasteiger partial charge in [0, 0.05) is 0 Å². The SMILES string of the molecule is CP(CC=CCC1CC1)C1CC1. The fraction of sp³-hybridized carbons (Fsp3) is 0.818. The van der Waals surface area contributed by atoms with E-state index in [4.69, 9.17) is 0 Å². The van der Waals surface area contributed by atoms with E-state index >= 15 is 0 Å². The smallest absolute Gasteiger partial charge is 0.0145 e. The Bertz CT molecular complexity index is 166. The van der Waals surface area contributed by atoms with Gasteiger partial charge in [0.2, 0.25) is 0 Å². The lowest BCUT2D eigenvalue weighted by atomic mass is 10.3. The van der Waals surface area contributed by atoms with Gasteiger partial charge >= 0.3 is 0 Å². The van der Waals surface area contributed by atoms with Crippen molar-refractivity contribution in [1.82, 2.24) is 0 Å². The molecule has 0 aromatic heterocycles. The van der Waals surface area contributed by atoms with Gasteiger partial charge in [0.1, 0.15) is 0 Å². The maximum atomic E-state index is 2.47. The number of rotatable bonds is 5. The van der Waals surface area contributed by atoms with Crippen LogP contribution >= 0.6 is 7.92 Å². The van der Waals surface area contributed by atoms with Crippen molar-refractivity contribution in [2.24, 2.45) is 5.92 Å². The first-order chi connectivity index (χ1) is 5.86. The zero-order chi connectivity index (χ0) is 8.39. The standard InChI is InChI=1S/C11H19P/c1-12(11-7-8-11)9-3-2-4-10-5-6-10/h2-3,10-11H,4-9H2,1H3. The van der Waals surface area contributed by atoms with Gasteiger partial charge in [-0.25, -0.2) is 0 Å². The molecule has 0 nitrogen and oxygen atoms in total. The molecule has 0 N–H and O–H groups in total. The second kappa shape index (κ2) is 3.92. The molecule has 2 rings (SSSR count). The van der Waals surface area contributed by atoms with Crippen LogP contribution in [0.2, 0.25) is 0 Å². The lowest BCUT2D eigenvalue weighted by Crippen LogP contribution is -1.83. The highest BCUT2D eigenvalue weighted by Gasteiger charge is 2.26. The van der Waals surface area contributed by atoms with Crippen LogP contribution in [0.25, 0.3) is 0 Å². The van der Waals surface area contributed by atoms with Crippen LogP contribution in [0.4, 0.5) is 0 Å². The monoisotopic (exact) mass is 182 g/mol. The average Bonchev–Trinajstić information content (AvgIpc) is 2.85. The molecule has 0 radical (unpaired) electrons. The summed E-state index contributed by atoms with van der Waals surface area (Å²) in [6, 6.07) is 0. The molecule has 0 saturated heterocycles. The molecule has 2 saturated carbocycles. The van der Waals surface area contributed by atoms with Crippen molar-refractivity contribution < 1.29 is 0 Å². The quantitative estimate of drug-likeness (QED) is 0.450. The highest BCUT2D eigenvalue weighted by molar-refractivity contribution is 7.58. The van der Waals surface area contributed by atoms with E-state index in [1.54, 1.807) is 0 Å². The van der Waals surface area contributed by atoms with Crippen LogP contribution in [-0.2, 0) is 0 Å². The van der Waals surface area contributed by atoms with Crippen LogP contribution in [-0.4, -0.2) is 18.5 Å². The zero-order valence-electron chi connectivity index (χ0n) is 8.00. The van der Waals surface area contributed by atoms with E-state index in [1.165, 1.54) is 38.3 Å². The van der Waals surface area contributed by atoms with Crippen LogP contribution in [0, 0.1) is 5.92 Å². The predicted octanol–water partition coefficient (Wildman–Crippen LogP) is 3.62. The van der Waals surface area contributed by atoms with E-state index in [9.17, 15) is 0 Å². The minimum absolute atomic E-state index is 0.374. The maximum Gasteiger partial charge on any atom is -0.0145 e. The van der Waals surface area contributed by atoms with Crippen LogP contribution in [0.1, 0.15) is 32.1 Å². The van der Waals surface area contributed by atoms with Gasteiger partial charge in [-0.15, -0.1) is 7.92 Å². The van der Waals surface area contributed by atoms with Crippen LogP contribution < -0.4 is 0 Å². The highest BCUT2D eigenvalue weighted by Crippen LogP contribution is 2.50. The normalized spacial score (nSPS) is 26.4. The second-order valence-electron chi connectivity index (χ2n) is 4.32. The Morgan fingerprint density at radius 2 is 1.92 bits per heavy atom. The number of hydrogen-bond acceptors (Lipinski definition) is 0. The van der Waals surface area contributed by atoms with Gasteiger partial charge in [0.05, 0.1) is 0 Å². The first-order valence-electron chi connectivity index (χ1n) is 5.21. The fourth-order valence-corrected chi connectivity index (χ4v) is 3.36. The van der Waals surface area contributed by atoms with E-state index in [0.717, 1.165) is 11.6 Å². The largest absolute Gasteiger partial charge is 0.103 e. The minimum Gasteiger partial charge on any atom is -0.103 e. The Morgan fingerprint density at radius 3 is 2.50 bits per heavy atom. The molecule has 1 heteroatoms. The molecule has 0 heterocycles. The number of allylic oxidation sites excluding steroid dienone is 2. The summed E-state index contributed by atoms with van der Waals surface area (Å²) in [5.41, 5.74) is 1.14. The molecule has 12 heavy (non-hydrogen) atoms. The van der Waals surface area contributed by atoms with Gasteiger partial charge in [-0.2, -0.15) is 0 Å². The molecular formula is C11H19P. The third-order valence-corrected chi connectivity index (χ3v) is 5.45. The molecule has 2 fully saturated rings. The summed E-state index contributed by atoms with van der Waals surface area (Å²) in [6.45, 7) is 2.47. The molecule has 2 aliphatic rings. The van der Waals surface area contributed by atoms with E-state index in [2.05, 4.69) is 18.8 Å². The Labute approximate surface area is 77.2 Å². The molecule has 0 aliphatic heterocycles. The molecule has 1 atom stereocenters. The first kappa shape index (κ1) is 8.75. The van der Waals surface area contributed by atoms with Crippen LogP contribution in [0.3, 0.4) is 0 Å². The van der Waals surface area contributed by atoms with Crippen molar-refractivity contribution in [3.8, 4) is 0 Å². The molecule has 1 unspecified atom stereocenters. The average molecular weight is 182 g/mol. The lowest BCUT2D eigenvalue weighted by Gasteiger charge is -2.05. The summed E-state index contributed by atoms with van der Waals surface area (Å²) in [5.74, 6) is 1.07. The summed E-state index contributed by atoms with van der Waals surface area (Å²) in [6.07, 6.45) is 13.7. The summed E-state index contributed by atoms with van der Waals surface area (Å²) in [7, 11) is 0.374. The molecule has 68 valence electrons. The van der Waals surface area contributed by atoms with Crippen molar-refractivity contribution in [3.05, 3.63) is 12.2 Å². The Hall–Kier alpha value is 0.170. The van der Waals surface area contributed by atoms with E-state index in [0.29, 0.717) is 7.92 Å². The number of hydrogen-bond donors (Lipinski definition) is 0. The van der Waals surface area contributed by atoms with Crippen LogP contribution in [0.15, 0.2) is 12.2 Å². The summed E-state index contributed by atoms with van der Waals surface area (Å²) in [5, 5.41) is 0. The van der Waals surface area contributed by atoms with Gasteiger partial charge in [-0.05, 0) is 56.5 Å². The lowest BCUT2D eigenvalue weighted by molar-refractivity contribution is 0.862. The second-order valence-corrected chi connectivity index (χ2v) is 6.93. The van der Waals surface area contributed by atoms with E-state index < -0.39 is 0 Å². The van der Waals surface area contributed by atoms with Crippen molar-refractivity contribution in [2.45, 2.75) is 37.8 Å². The predicted molar refractivity (Wildman–Crippen MR) is 57.2 cm³/mol. The third-order valence-electron chi connectivity index (χ3n) is 2.90. The summed E-state index contributed by atoms with van der Waals surface area (Å²) in [4.78, 5) is 0. The third kappa shape index (κ3) is 2.90.